The van der Waals surface area contributed by atoms with Gasteiger partial charge in [-0.25, -0.2) is 0 Å². The van der Waals surface area contributed by atoms with E-state index in [4.69, 9.17) is 4.74 Å². The summed E-state index contributed by atoms with van der Waals surface area (Å²) in [5, 5.41) is 0. The van der Waals surface area contributed by atoms with Gasteiger partial charge in [-0.3, -0.25) is 4.79 Å². The molecular weight excluding hydrogens is 236 g/mol. The standard InChI is InChI=1S/C17H32O2/c1-4-5-6-7-8-9-10-11-12-13-14-15-16(2)19-17(3)18/h11-12,16H,4-10,13-15H2,1-3H3/b12-11-/t16-/m0/s1. The first-order chi connectivity index (χ1) is 9.16. The molecule has 1 atom stereocenters. The van der Waals surface area contributed by atoms with Crippen LogP contribution in [0.2, 0.25) is 0 Å². The van der Waals surface area contributed by atoms with Gasteiger partial charge in [0.1, 0.15) is 0 Å². The molecule has 2 heteroatoms. The Bertz CT molecular complexity index is 233. The number of allylic oxidation sites excluding steroid dienone is 2. The smallest absolute Gasteiger partial charge is 0.302 e. The van der Waals surface area contributed by atoms with Crippen LogP contribution < -0.4 is 0 Å². The summed E-state index contributed by atoms with van der Waals surface area (Å²) in [6.07, 6.45) is 17.2. The zero-order valence-electron chi connectivity index (χ0n) is 13.1. The van der Waals surface area contributed by atoms with E-state index < -0.39 is 0 Å². The lowest BCUT2D eigenvalue weighted by atomic mass is 10.1. The van der Waals surface area contributed by atoms with Gasteiger partial charge in [-0.15, -0.1) is 0 Å². The van der Waals surface area contributed by atoms with E-state index in [2.05, 4.69) is 19.1 Å². The van der Waals surface area contributed by atoms with Crippen LogP contribution >= 0.6 is 0 Å². The Balaban J connectivity index is 3.23. The van der Waals surface area contributed by atoms with Gasteiger partial charge in [0.25, 0.3) is 0 Å². The summed E-state index contributed by atoms with van der Waals surface area (Å²) >= 11 is 0. The van der Waals surface area contributed by atoms with Gasteiger partial charge in [-0.05, 0) is 39.0 Å². The fraction of sp³-hybridized carbons (Fsp3) is 0.824. The van der Waals surface area contributed by atoms with E-state index in [-0.39, 0.29) is 12.1 Å². The van der Waals surface area contributed by atoms with Crippen LogP contribution in [0.4, 0.5) is 0 Å². The zero-order chi connectivity index (χ0) is 14.3. The second-order valence-corrected chi connectivity index (χ2v) is 5.38. The van der Waals surface area contributed by atoms with E-state index in [0.29, 0.717) is 0 Å². The Labute approximate surface area is 119 Å². The topological polar surface area (TPSA) is 26.3 Å². The van der Waals surface area contributed by atoms with Gasteiger partial charge in [-0.2, -0.15) is 0 Å². The molecule has 0 saturated heterocycles. The van der Waals surface area contributed by atoms with Gasteiger partial charge in [0, 0.05) is 6.92 Å². The summed E-state index contributed by atoms with van der Waals surface area (Å²) in [5.74, 6) is -0.175. The number of hydrogen-bond donors (Lipinski definition) is 0. The fourth-order valence-electron chi connectivity index (χ4n) is 2.14. The fourth-order valence-corrected chi connectivity index (χ4v) is 2.14. The molecule has 0 fully saturated rings. The summed E-state index contributed by atoms with van der Waals surface area (Å²) in [6.45, 7) is 5.68. The van der Waals surface area contributed by atoms with Crippen LogP contribution in [0.1, 0.15) is 85.0 Å². The van der Waals surface area contributed by atoms with Crippen molar-refractivity contribution < 1.29 is 9.53 Å². The van der Waals surface area contributed by atoms with E-state index in [9.17, 15) is 4.79 Å². The van der Waals surface area contributed by atoms with Crippen molar-refractivity contribution in [2.45, 2.75) is 91.1 Å². The quantitative estimate of drug-likeness (QED) is 0.268. The zero-order valence-corrected chi connectivity index (χ0v) is 13.1. The van der Waals surface area contributed by atoms with Crippen molar-refractivity contribution in [3.8, 4) is 0 Å². The molecule has 0 spiro atoms. The van der Waals surface area contributed by atoms with Gasteiger partial charge >= 0.3 is 5.97 Å². The molecule has 0 N–H and O–H groups in total. The Morgan fingerprint density at radius 1 is 1.00 bits per heavy atom. The molecule has 0 aromatic carbocycles. The third kappa shape index (κ3) is 15.2. The van der Waals surface area contributed by atoms with Crippen LogP contribution in [0.3, 0.4) is 0 Å². The maximum absolute atomic E-state index is 10.7. The van der Waals surface area contributed by atoms with Gasteiger partial charge in [-0.1, -0.05) is 51.2 Å². The first-order valence-corrected chi connectivity index (χ1v) is 7.99. The largest absolute Gasteiger partial charge is 0.463 e. The summed E-state index contributed by atoms with van der Waals surface area (Å²) in [4.78, 5) is 10.7. The molecule has 0 aliphatic carbocycles. The average molecular weight is 268 g/mol. The molecule has 112 valence electrons. The Kier molecular flexibility index (Phi) is 13.1. The van der Waals surface area contributed by atoms with Crippen molar-refractivity contribution in [3.63, 3.8) is 0 Å². The number of unbranched alkanes of at least 4 members (excludes halogenated alkanes) is 7. The molecule has 0 aliphatic rings. The van der Waals surface area contributed by atoms with Crippen molar-refractivity contribution in [1.29, 1.82) is 0 Å². The Morgan fingerprint density at radius 2 is 1.58 bits per heavy atom. The molecule has 0 aromatic rings. The summed E-state index contributed by atoms with van der Waals surface area (Å²) in [7, 11) is 0. The molecule has 0 amide bonds. The minimum Gasteiger partial charge on any atom is -0.463 e. The molecule has 19 heavy (non-hydrogen) atoms. The van der Waals surface area contributed by atoms with Gasteiger partial charge in [0.2, 0.25) is 0 Å². The number of hydrogen-bond acceptors (Lipinski definition) is 2. The number of carbonyl (C=O) groups is 1. The SMILES string of the molecule is CCCCCCCC/C=C\CCC[C@H](C)OC(C)=O. The van der Waals surface area contributed by atoms with Gasteiger partial charge < -0.3 is 4.74 Å². The maximum atomic E-state index is 10.7. The molecule has 0 aliphatic heterocycles. The van der Waals surface area contributed by atoms with Crippen molar-refractivity contribution in [2.24, 2.45) is 0 Å². The lowest BCUT2D eigenvalue weighted by Gasteiger charge is -2.10. The number of rotatable bonds is 12. The second-order valence-electron chi connectivity index (χ2n) is 5.38. The predicted molar refractivity (Wildman–Crippen MR) is 82.2 cm³/mol. The monoisotopic (exact) mass is 268 g/mol. The van der Waals surface area contributed by atoms with Crippen molar-refractivity contribution in [3.05, 3.63) is 12.2 Å². The minimum absolute atomic E-state index is 0.0597. The third-order valence-electron chi connectivity index (χ3n) is 3.24. The molecule has 0 rings (SSSR count). The predicted octanol–water partition coefficient (Wildman–Crippen LogP) is 5.42. The van der Waals surface area contributed by atoms with Crippen LogP contribution in [0.15, 0.2) is 12.2 Å². The average Bonchev–Trinajstić information content (AvgIpc) is 2.35. The maximum Gasteiger partial charge on any atom is 0.302 e. The van der Waals surface area contributed by atoms with Crippen molar-refractivity contribution in [1.82, 2.24) is 0 Å². The van der Waals surface area contributed by atoms with Crippen LogP contribution in [0.5, 0.6) is 0 Å². The minimum atomic E-state index is -0.175. The van der Waals surface area contributed by atoms with E-state index in [1.54, 1.807) is 0 Å². The molecule has 0 saturated carbocycles. The second kappa shape index (κ2) is 13.6. The van der Waals surface area contributed by atoms with E-state index in [1.807, 2.05) is 6.92 Å². The molecular formula is C17H32O2. The van der Waals surface area contributed by atoms with Crippen LogP contribution in [0.25, 0.3) is 0 Å². The number of carbonyl (C=O) groups excluding carboxylic acids is 1. The van der Waals surface area contributed by atoms with Gasteiger partial charge in [0.15, 0.2) is 0 Å². The molecule has 0 aromatic heterocycles. The molecule has 0 unspecified atom stereocenters. The van der Waals surface area contributed by atoms with E-state index >= 15 is 0 Å². The highest BCUT2D eigenvalue weighted by Gasteiger charge is 2.03. The first kappa shape index (κ1) is 18.2. The third-order valence-corrected chi connectivity index (χ3v) is 3.24. The summed E-state index contributed by atoms with van der Waals surface area (Å²) in [6, 6.07) is 0. The lowest BCUT2D eigenvalue weighted by molar-refractivity contribution is -0.145. The Morgan fingerprint density at radius 3 is 2.21 bits per heavy atom. The molecule has 0 heterocycles. The highest BCUT2D eigenvalue weighted by molar-refractivity contribution is 5.66. The molecule has 0 radical (unpaired) electrons. The highest BCUT2D eigenvalue weighted by atomic mass is 16.5. The summed E-state index contributed by atoms with van der Waals surface area (Å²) in [5.41, 5.74) is 0. The van der Waals surface area contributed by atoms with Crippen molar-refractivity contribution in [2.75, 3.05) is 0 Å². The molecule has 2 nitrogen and oxygen atoms in total. The van der Waals surface area contributed by atoms with Crippen LogP contribution in [0, 0.1) is 0 Å². The number of ether oxygens (including phenoxy) is 1. The van der Waals surface area contributed by atoms with Crippen LogP contribution in [-0.4, -0.2) is 12.1 Å². The molecule has 0 bridgehead atoms. The normalized spacial score (nSPS) is 12.8. The van der Waals surface area contributed by atoms with Crippen molar-refractivity contribution >= 4 is 5.97 Å². The van der Waals surface area contributed by atoms with Gasteiger partial charge in [0.05, 0.1) is 6.10 Å². The van der Waals surface area contributed by atoms with Crippen LogP contribution in [-0.2, 0) is 9.53 Å². The first-order valence-electron chi connectivity index (χ1n) is 7.99. The van der Waals surface area contributed by atoms with E-state index in [0.717, 1.165) is 19.3 Å². The summed E-state index contributed by atoms with van der Waals surface area (Å²) < 4.78 is 5.08. The lowest BCUT2D eigenvalue weighted by Crippen LogP contribution is -2.11. The van der Waals surface area contributed by atoms with E-state index in [1.165, 1.54) is 51.9 Å². The Hall–Kier alpha value is -0.790. The highest BCUT2D eigenvalue weighted by Crippen LogP contribution is 2.09. The number of esters is 1.